The third-order valence-electron chi connectivity index (χ3n) is 5.99. The van der Waals surface area contributed by atoms with Crippen molar-refractivity contribution >= 4 is 76.1 Å². The van der Waals surface area contributed by atoms with Crippen molar-refractivity contribution in [3.63, 3.8) is 0 Å². The lowest BCUT2D eigenvalue weighted by Gasteiger charge is -2.21. The molecule has 1 unspecified atom stereocenters. The summed E-state index contributed by atoms with van der Waals surface area (Å²) in [5.74, 6) is -0.799. The predicted octanol–water partition coefficient (Wildman–Crippen LogP) is 8.63. The van der Waals surface area contributed by atoms with Crippen LogP contribution in [0.3, 0.4) is 0 Å². The highest BCUT2D eigenvalue weighted by atomic mass is 35.5. The van der Waals surface area contributed by atoms with Crippen molar-refractivity contribution in [2.45, 2.75) is 11.7 Å². The molecule has 180 valence electrons. The topological polar surface area (TPSA) is 50.2 Å². The fourth-order valence-electron chi connectivity index (χ4n) is 4.23. The summed E-state index contributed by atoms with van der Waals surface area (Å²) in [4.78, 5) is 15.7. The Kier molecular flexibility index (Phi) is 7.15. The van der Waals surface area contributed by atoms with Gasteiger partial charge in [-0.3, -0.25) is 4.79 Å². The highest BCUT2D eigenvalue weighted by molar-refractivity contribution is 7.99. The number of aliphatic carboxylic acids is 1. The minimum atomic E-state index is -0.815. The number of benzene rings is 3. The van der Waals surface area contributed by atoms with Crippen molar-refractivity contribution < 1.29 is 14.3 Å². The van der Waals surface area contributed by atoms with Crippen LogP contribution in [-0.2, 0) is 4.79 Å². The van der Waals surface area contributed by atoms with Gasteiger partial charge in [0.25, 0.3) is 0 Å². The number of fused-ring (bicyclic) bond motifs is 3. The van der Waals surface area contributed by atoms with Gasteiger partial charge in [-0.15, -0.1) is 11.8 Å². The van der Waals surface area contributed by atoms with Crippen LogP contribution in [0.2, 0.25) is 10.0 Å². The van der Waals surface area contributed by atoms with E-state index in [-0.39, 0.29) is 16.7 Å². The van der Waals surface area contributed by atoms with Crippen LogP contribution < -0.4 is 0 Å². The lowest BCUT2D eigenvalue weighted by Crippen LogP contribution is -2.04. The summed E-state index contributed by atoms with van der Waals surface area (Å²) in [6.45, 7) is 0. The number of carbonyl (C=O) groups is 1. The highest BCUT2D eigenvalue weighted by Crippen LogP contribution is 2.44. The smallest absolute Gasteiger partial charge is 0.304 e. The molecule has 5 rings (SSSR count). The molecule has 1 aromatic heterocycles. The molecule has 1 aliphatic rings. The van der Waals surface area contributed by atoms with Gasteiger partial charge in [-0.1, -0.05) is 71.8 Å². The number of nitrogens with zero attached hydrogens (tertiary/aromatic N) is 1. The van der Waals surface area contributed by atoms with Gasteiger partial charge in [0.05, 0.1) is 27.9 Å². The Labute approximate surface area is 222 Å². The van der Waals surface area contributed by atoms with Gasteiger partial charge < -0.3 is 5.11 Å². The molecule has 7 heteroatoms. The molecule has 1 atom stereocenters. The maximum absolute atomic E-state index is 13.7. The molecule has 1 heterocycles. The van der Waals surface area contributed by atoms with E-state index in [1.807, 2.05) is 48.6 Å². The van der Waals surface area contributed by atoms with Crippen molar-refractivity contribution in [2.75, 3.05) is 5.75 Å². The van der Waals surface area contributed by atoms with Gasteiger partial charge in [0, 0.05) is 16.2 Å². The van der Waals surface area contributed by atoms with Crippen LogP contribution in [0.15, 0.2) is 60.7 Å². The van der Waals surface area contributed by atoms with Crippen molar-refractivity contribution in [3.05, 3.63) is 110 Å². The third-order valence-corrected chi connectivity index (χ3v) is 7.89. The zero-order chi connectivity index (χ0) is 25.2. The Hall–Kier alpha value is -3.12. The van der Waals surface area contributed by atoms with Crippen LogP contribution >= 0.6 is 35.0 Å². The van der Waals surface area contributed by atoms with Gasteiger partial charge in [-0.05, 0) is 64.2 Å². The highest BCUT2D eigenvalue weighted by Gasteiger charge is 2.23. The third kappa shape index (κ3) is 5.19. The molecular formula is C29H20Cl2FNO2S. The summed E-state index contributed by atoms with van der Waals surface area (Å²) < 4.78 is 13.7. The van der Waals surface area contributed by atoms with Gasteiger partial charge in [-0.25, -0.2) is 9.37 Å². The van der Waals surface area contributed by atoms with Crippen molar-refractivity contribution in [3.8, 4) is 0 Å². The predicted molar refractivity (Wildman–Crippen MR) is 149 cm³/mol. The van der Waals surface area contributed by atoms with E-state index < -0.39 is 11.8 Å². The molecule has 0 bridgehead atoms. The molecule has 36 heavy (non-hydrogen) atoms. The van der Waals surface area contributed by atoms with E-state index in [2.05, 4.69) is 29.3 Å². The molecule has 0 saturated carbocycles. The Morgan fingerprint density at radius 1 is 1.00 bits per heavy atom. The summed E-state index contributed by atoms with van der Waals surface area (Å²) >= 11 is 14.0. The van der Waals surface area contributed by atoms with Crippen LogP contribution in [0, 0.1) is 5.82 Å². The number of hydrogen-bond acceptors (Lipinski definition) is 3. The first-order chi connectivity index (χ1) is 17.4. The first-order valence-corrected chi connectivity index (χ1v) is 13.1. The van der Waals surface area contributed by atoms with E-state index in [9.17, 15) is 9.18 Å². The lowest BCUT2D eigenvalue weighted by atomic mass is 9.97. The quantitative estimate of drug-likeness (QED) is 0.268. The zero-order valence-corrected chi connectivity index (χ0v) is 21.2. The molecule has 0 amide bonds. The van der Waals surface area contributed by atoms with Crippen LogP contribution in [0.1, 0.15) is 45.2 Å². The Bertz CT molecular complexity index is 1550. The summed E-state index contributed by atoms with van der Waals surface area (Å²) in [7, 11) is 0. The van der Waals surface area contributed by atoms with E-state index >= 15 is 0 Å². The number of aromatic nitrogens is 1. The summed E-state index contributed by atoms with van der Waals surface area (Å²) in [5, 5.41) is 10.5. The second kappa shape index (κ2) is 10.5. The standard InChI is InChI=1S/C29H20Cl2FNO2S/c30-24-3-1-2-22-21(24)11-8-18-6-4-17(14-23(18)29(22)36-13-12-28(34)35)5-9-20-10-7-19-15-26(32)25(31)16-27(19)33-20/h1-11,14-16,29H,12-13H2,(H,34,35). The number of rotatable bonds is 6. The van der Waals surface area contributed by atoms with Crippen LogP contribution in [0.4, 0.5) is 4.39 Å². The van der Waals surface area contributed by atoms with E-state index in [0.29, 0.717) is 21.7 Å². The van der Waals surface area contributed by atoms with Crippen LogP contribution in [0.5, 0.6) is 0 Å². The fourth-order valence-corrected chi connectivity index (χ4v) is 5.93. The van der Waals surface area contributed by atoms with Crippen molar-refractivity contribution in [1.82, 2.24) is 4.98 Å². The lowest BCUT2D eigenvalue weighted by molar-refractivity contribution is -0.136. The Balaban J connectivity index is 1.50. The number of thioether (sulfide) groups is 1. The van der Waals surface area contributed by atoms with Gasteiger partial charge in [0.15, 0.2) is 0 Å². The van der Waals surface area contributed by atoms with E-state index in [1.165, 1.54) is 12.1 Å². The van der Waals surface area contributed by atoms with Crippen LogP contribution in [0.25, 0.3) is 35.2 Å². The maximum Gasteiger partial charge on any atom is 0.304 e. The number of carboxylic acid groups (broad SMARTS) is 1. The van der Waals surface area contributed by atoms with Gasteiger partial charge in [0.1, 0.15) is 5.82 Å². The molecular weight excluding hydrogens is 516 g/mol. The number of pyridine rings is 1. The van der Waals surface area contributed by atoms with Gasteiger partial charge >= 0.3 is 5.97 Å². The molecule has 3 aromatic carbocycles. The molecule has 0 spiro atoms. The minimum Gasteiger partial charge on any atom is -0.481 e. The summed E-state index contributed by atoms with van der Waals surface area (Å²) in [5.41, 5.74) is 6.51. The number of halogens is 3. The second-order valence-electron chi connectivity index (χ2n) is 8.39. The molecule has 3 nitrogen and oxygen atoms in total. The Morgan fingerprint density at radius 3 is 2.69 bits per heavy atom. The Morgan fingerprint density at radius 2 is 1.86 bits per heavy atom. The minimum absolute atomic E-state index is 0.0433. The van der Waals surface area contributed by atoms with Crippen LogP contribution in [-0.4, -0.2) is 21.8 Å². The average molecular weight is 536 g/mol. The maximum atomic E-state index is 13.7. The molecule has 1 aliphatic carbocycles. The monoisotopic (exact) mass is 535 g/mol. The van der Waals surface area contributed by atoms with E-state index in [0.717, 1.165) is 33.5 Å². The summed E-state index contributed by atoms with van der Waals surface area (Å²) in [6, 6.07) is 18.6. The fraction of sp³-hybridized carbons (Fsp3) is 0.103. The second-order valence-corrected chi connectivity index (χ2v) is 10.4. The first kappa shape index (κ1) is 24.6. The molecule has 0 fully saturated rings. The largest absolute Gasteiger partial charge is 0.481 e. The summed E-state index contributed by atoms with van der Waals surface area (Å²) in [6.07, 6.45) is 8.05. The molecule has 1 N–H and O–H groups in total. The number of hydrogen-bond donors (Lipinski definition) is 1. The first-order valence-electron chi connectivity index (χ1n) is 11.3. The molecule has 0 radical (unpaired) electrons. The van der Waals surface area contributed by atoms with Gasteiger partial charge in [-0.2, -0.15) is 0 Å². The SMILES string of the molecule is O=C(O)CCSC1c2cc(C=Cc3ccc4cc(F)c(Cl)cc4n3)ccc2C=Cc2c(Cl)cccc21. The molecule has 0 aliphatic heterocycles. The van der Waals surface area contributed by atoms with Crippen molar-refractivity contribution in [1.29, 1.82) is 0 Å². The molecule has 0 saturated heterocycles. The van der Waals surface area contributed by atoms with Crippen molar-refractivity contribution in [2.24, 2.45) is 0 Å². The number of carboxylic acids is 1. The zero-order valence-electron chi connectivity index (χ0n) is 18.9. The molecule has 4 aromatic rings. The normalized spacial score (nSPS) is 14.6. The van der Waals surface area contributed by atoms with E-state index in [4.69, 9.17) is 28.3 Å². The van der Waals surface area contributed by atoms with E-state index in [1.54, 1.807) is 11.8 Å². The average Bonchev–Trinajstić information content (AvgIpc) is 3.01. The van der Waals surface area contributed by atoms with Gasteiger partial charge in [0.2, 0.25) is 0 Å².